The van der Waals surface area contributed by atoms with E-state index in [1.165, 1.54) is 6.33 Å². The molecule has 4 aromatic rings. The molecule has 182 valence electrons. The van der Waals surface area contributed by atoms with Crippen molar-refractivity contribution in [2.45, 2.75) is 44.1 Å². The van der Waals surface area contributed by atoms with E-state index in [1.54, 1.807) is 11.6 Å². The molecule has 1 unspecified atom stereocenters. The minimum absolute atomic E-state index is 0.0433. The van der Waals surface area contributed by atoms with Crippen molar-refractivity contribution in [3.05, 3.63) is 36.4 Å². The van der Waals surface area contributed by atoms with Crippen molar-refractivity contribution in [3.8, 4) is 23.0 Å². The van der Waals surface area contributed by atoms with Crippen LogP contribution >= 0.6 is 0 Å². The van der Waals surface area contributed by atoms with Gasteiger partial charge < -0.3 is 24.3 Å². The van der Waals surface area contributed by atoms with E-state index in [4.69, 9.17) is 19.2 Å². The van der Waals surface area contributed by atoms with Gasteiger partial charge in [-0.1, -0.05) is 12.1 Å². The fourth-order valence-electron chi connectivity index (χ4n) is 5.27. The number of rotatable bonds is 6. The Kier molecular flexibility index (Phi) is 5.52. The molecule has 2 aliphatic rings. The number of aliphatic carboxylic acids is 1. The number of fused-ring (bicyclic) bond motifs is 2. The zero-order chi connectivity index (χ0) is 23.9. The molecule has 1 saturated heterocycles. The summed E-state index contributed by atoms with van der Waals surface area (Å²) in [4.78, 5) is 24.3. The Bertz CT molecular complexity index is 1380. The number of hydrogen-bond donors (Lipinski definition) is 2. The predicted molar refractivity (Wildman–Crippen MR) is 127 cm³/mol. The molecule has 2 fully saturated rings. The van der Waals surface area contributed by atoms with Crippen LogP contribution in [0.5, 0.6) is 11.6 Å². The zero-order valence-electron chi connectivity index (χ0n) is 19.4. The third-order valence-electron chi connectivity index (χ3n) is 7.11. The first-order valence-corrected chi connectivity index (χ1v) is 12.0. The fourth-order valence-corrected chi connectivity index (χ4v) is 5.27. The number of aromatic amines is 1. The number of carbonyl (C=O) groups is 1. The van der Waals surface area contributed by atoms with E-state index >= 15 is 0 Å². The van der Waals surface area contributed by atoms with Crippen LogP contribution in [0.1, 0.15) is 43.8 Å². The SMILES string of the molecule is COc1ncnn2c(C3CCC(C(=O)O)CC3)nc(-c3cc4cccc(OC5CCOC5)c4[nH]3)c12. The summed E-state index contributed by atoms with van der Waals surface area (Å²) in [7, 11) is 1.58. The standard InChI is InChI=1S/C25H27N5O5/c1-33-24-22-21(18-11-16-3-2-4-19(20(16)28-18)35-17-9-10-34-12-17)29-23(30(22)27-13-26-24)14-5-7-15(8-6-14)25(31)32/h2-4,11,13-15,17,28H,5-10,12H2,1H3,(H,31,32). The van der Waals surface area contributed by atoms with E-state index in [-0.39, 0.29) is 17.9 Å². The van der Waals surface area contributed by atoms with Gasteiger partial charge in [0.15, 0.2) is 5.52 Å². The highest BCUT2D eigenvalue weighted by Gasteiger charge is 2.31. The summed E-state index contributed by atoms with van der Waals surface area (Å²) in [6, 6.07) is 8.02. The van der Waals surface area contributed by atoms with Crippen LogP contribution in [0.4, 0.5) is 0 Å². The Hall–Kier alpha value is -3.66. The van der Waals surface area contributed by atoms with Gasteiger partial charge in [-0.3, -0.25) is 4.79 Å². The highest BCUT2D eigenvalue weighted by Crippen LogP contribution is 2.40. The van der Waals surface area contributed by atoms with Gasteiger partial charge in [-0.05, 0) is 37.8 Å². The number of ether oxygens (including phenoxy) is 3. The molecule has 1 atom stereocenters. The Morgan fingerprint density at radius 2 is 2.09 bits per heavy atom. The first-order valence-electron chi connectivity index (χ1n) is 12.0. The molecule has 1 aromatic carbocycles. The quantitative estimate of drug-likeness (QED) is 0.430. The van der Waals surface area contributed by atoms with Crippen molar-refractivity contribution in [2.75, 3.05) is 20.3 Å². The molecule has 0 radical (unpaired) electrons. The van der Waals surface area contributed by atoms with Gasteiger partial charge >= 0.3 is 5.97 Å². The van der Waals surface area contributed by atoms with Crippen LogP contribution < -0.4 is 9.47 Å². The molecule has 10 heteroatoms. The van der Waals surface area contributed by atoms with Crippen LogP contribution in [-0.4, -0.2) is 62.1 Å². The van der Waals surface area contributed by atoms with E-state index < -0.39 is 5.97 Å². The molecular formula is C25H27N5O5. The van der Waals surface area contributed by atoms with Crippen molar-refractivity contribution in [1.29, 1.82) is 0 Å². The normalized spacial score (nSPS) is 22.6. The number of nitrogens with zero attached hydrogens (tertiary/aromatic N) is 4. The van der Waals surface area contributed by atoms with Gasteiger partial charge in [-0.15, -0.1) is 0 Å². The highest BCUT2D eigenvalue weighted by molar-refractivity contribution is 5.92. The molecule has 10 nitrogen and oxygen atoms in total. The third-order valence-corrected chi connectivity index (χ3v) is 7.11. The van der Waals surface area contributed by atoms with Crippen LogP contribution in [-0.2, 0) is 9.53 Å². The third kappa shape index (κ3) is 3.87. The van der Waals surface area contributed by atoms with Crippen LogP contribution in [0.15, 0.2) is 30.6 Å². The number of hydrogen-bond acceptors (Lipinski definition) is 7. The largest absolute Gasteiger partial charge is 0.486 e. The number of methoxy groups -OCH3 is 1. The monoisotopic (exact) mass is 477 g/mol. The molecule has 0 amide bonds. The fraction of sp³-hybridized carbons (Fsp3) is 0.440. The lowest BCUT2D eigenvalue weighted by atomic mass is 9.82. The van der Waals surface area contributed by atoms with Crippen LogP contribution in [0.3, 0.4) is 0 Å². The topological polar surface area (TPSA) is 124 Å². The van der Waals surface area contributed by atoms with Crippen molar-refractivity contribution < 1.29 is 24.1 Å². The zero-order valence-corrected chi connectivity index (χ0v) is 19.4. The van der Waals surface area contributed by atoms with Crippen molar-refractivity contribution >= 4 is 22.4 Å². The average molecular weight is 478 g/mol. The van der Waals surface area contributed by atoms with Crippen molar-refractivity contribution in [2.24, 2.45) is 5.92 Å². The first-order chi connectivity index (χ1) is 17.1. The molecule has 4 heterocycles. The smallest absolute Gasteiger partial charge is 0.306 e. The maximum atomic E-state index is 11.4. The van der Waals surface area contributed by atoms with E-state index in [0.717, 1.165) is 47.4 Å². The Labute approximate surface area is 201 Å². The van der Waals surface area contributed by atoms with Crippen molar-refractivity contribution in [1.82, 2.24) is 24.6 Å². The minimum Gasteiger partial charge on any atom is -0.486 e. The number of imidazole rings is 1. The Balaban J connectivity index is 1.43. The summed E-state index contributed by atoms with van der Waals surface area (Å²) >= 11 is 0. The number of aromatic nitrogens is 5. The minimum atomic E-state index is -0.721. The number of nitrogens with one attached hydrogen (secondary N) is 1. The summed E-state index contributed by atoms with van der Waals surface area (Å²) in [6.45, 7) is 1.31. The lowest BCUT2D eigenvalue weighted by Gasteiger charge is -2.24. The number of carboxylic acids is 1. The number of H-pyrrole nitrogens is 1. The maximum Gasteiger partial charge on any atom is 0.306 e. The van der Waals surface area contributed by atoms with Crippen LogP contribution in [0, 0.1) is 5.92 Å². The van der Waals surface area contributed by atoms with Gasteiger partial charge in [-0.2, -0.15) is 10.1 Å². The molecule has 35 heavy (non-hydrogen) atoms. The maximum absolute atomic E-state index is 11.4. The van der Waals surface area contributed by atoms with Crippen molar-refractivity contribution in [3.63, 3.8) is 0 Å². The second-order valence-electron chi connectivity index (χ2n) is 9.24. The lowest BCUT2D eigenvalue weighted by Crippen LogP contribution is -2.21. The van der Waals surface area contributed by atoms with Gasteiger partial charge in [0.25, 0.3) is 0 Å². The molecule has 6 rings (SSSR count). The lowest BCUT2D eigenvalue weighted by molar-refractivity contribution is -0.142. The van der Waals surface area contributed by atoms with E-state index in [2.05, 4.69) is 15.1 Å². The first kappa shape index (κ1) is 21.8. The second kappa shape index (κ2) is 8.84. The number of para-hydroxylation sites is 1. The van der Waals surface area contributed by atoms with Gasteiger partial charge in [-0.25, -0.2) is 9.50 Å². The van der Waals surface area contributed by atoms with E-state index in [9.17, 15) is 9.90 Å². The molecule has 0 bridgehead atoms. The highest BCUT2D eigenvalue weighted by atomic mass is 16.5. The molecule has 2 N–H and O–H groups in total. The van der Waals surface area contributed by atoms with E-state index in [0.29, 0.717) is 43.1 Å². The van der Waals surface area contributed by atoms with Crippen LogP contribution in [0.2, 0.25) is 0 Å². The van der Waals surface area contributed by atoms with Crippen LogP contribution in [0.25, 0.3) is 27.8 Å². The van der Waals surface area contributed by atoms with Gasteiger partial charge in [0, 0.05) is 17.7 Å². The Morgan fingerprint density at radius 3 is 2.83 bits per heavy atom. The second-order valence-corrected chi connectivity index (χ2v) is 9.24. The molecule has 0 spiro atoms. The number of carboxylic acid groups (broad SMARTS) is 1. The Morgan fingerprint density at radius 1 is 1.23 bits per heavy atom. The summed E-state index contributed by atoms with van der Waals surface area (Å²) in [5.41, 5.74) is 3.09. The van der Waals surface area contributed by atoms with Gasteiger partial charge in [0.1, 0.15) is 29.7 Å². The average Bonchev–Trinajstić information content (AvgIpc) is 3.62. The van der Waals surface area contributed by atoms with Gasteiger partial charge in [0.05, 0.1) is 37.5 Å². The molecule has 1 aliphatic heterocycles. The predicted octanol–water partition coefficient (Wildman–Crippen LogP) is 3.81. The molecular weight excluding hydrogens is 450 g/mol. The molecule has 1 aliphatic carbocycles. The summed E-state index contributed by atoms with van der Waals surface area (Å²) in [5, 5.41) is 14.9. The van der Waals surface area contributed by atoms with E-state index in [1.807, 2.05) is 24.3 Å². The summed E-state index contributed by atoms with van der Waals surface area (Å²) in [5.74, 6) is 1.11. The summed E-state index contributed by atoms with van der Waals surface area (Å²) < 4.78 is 19.1. The molecule has 3 aromatic heterocycles. The molecule has 1 saturated carbocycles. The van der Waals surface area contributed by atoms with Gasteiger partial charge in [0.2, 0.25) is 5.88 Å². The number of benzene rings is 1. The summed E-state index contributed by atoms with van der Waals surface area (Å²) in [6.07, 6.45) is 5.13.